The van der Waals surface area contributed by atoms with Gasteiger partial charge in [0.2, 0.25) is 0 Å². The highest BCUT2D eigenvalue weighted by atomic mass is 16.5. The summed E-state index contributed by atoms with van der Waals surface area (Å²) in [5.74, 6) is -4.39. The van der Waals surface area contributed by atoms with Gasteiger partial charge in [0.25, 0.3) is 0 Å². The lowest BCUT2D eigenvalue weighted by Gasteiger charge is -2.20. The van der Waals surface area contributed by atoms with Crippen molar-refractivity contribution in [2.45, 2.75) is 0 Å². The number of allylic oxidation sites excluding steroid dienone is 2. The van der Waals surface area contributed by atoms with Gasteiger partial charge in [-0.2, -0.15) is 0 Å². The molecular weight excluding hydrogens is 244 g/mol. The Bertz CT molecular complexity index is 476. The van der Waals surface area contributed by atoms with Gasteiger partial charge >= 0.3 is 5.97 Å². The van der Waals surface area contributed by atoms with Gasteiger partial charge in [-0.05, 0) is 5.56 Å². The first kappa shape index (κ1) is 14.7. The van der Waals surface area contributed by atoms with Crippen molar-refractivity contribution in [2.75, 3.05) is 7.11 Å². The van der Waals surface area contributed by atoms with Crippen molar-refractivity contribution >= 4 is 18.0 Å². The molecule has 0 N–H and O–H groups in total. The fraction of sp³-hybridized carbons (Fsp3) is 0.200. The minimum absolute atomic E-state index is 0.683. The number of ether oxygens (including phenoxy) is 1. The number of hydrogen-bond donors (Lipinski definition) is 0. The summed E-state index contributed by atoms with van der Waals surface area (Å²) in [6, 6.07) is 9.32. The Morgan fingerprint density at radius 1 is 1.32 bits per heavy atom. The second-order valence-corrected chi connectivity index (χ2v) is 3.90. The number of methoxy groups -OCH3 is 1. The van der Waals surface area contributed by atoms with Gasteiger partial charge in [0.05, 0.1) is 13.1 Å². The topological polar surface area (TPSA) is 66.4 Å². The molecule has 0 fully saturated rings. The van der Waals surface area contributed by atoms with Crippen LogP contribution in [-0.2, 0) is 14.3 Å². The van der Waals surface area contributed by atoms with Crippen LogP contribution in [0.3, 0.4) is 0 Å². The van der Waals surface area contributed by atoms with Crippen LogP contribution in [-0.4, -0.2) is 19.0 Å². The highest BCUT2D eigenvalue weighted by molar-refractivity contribution is 5.94. The largest absolute Gasteiger partial charge is 0.549 e. The Balaban J connectivity index is 2.93. The maximum atomic E-state index is 11.4. The SMILES string of the molecule is C=CC(/C=C/c1ccccc1)C(C(=O)[O-])C(=O)OC. The molecule has 0 spiro atoms. The van der Waals surface area contributed by atoms with E-state index in [-0.39, 0.29) is 0 Å². The molecule has 2 atom stereocenters. The highest BCUT2D eigenvalue weighted by Crippen LogP contribution is 2.18. The van der Waals surface area contributed by atoms with Gasteiger partial charge in [0.1, 0.15) is 5.92 Å². The van der Waals surface area contributed by atoms with E-state index in [4.69, 9.17) is 0 Å². The molecule has 4 nitrogen and oxygen atoms in total. The van der Waals surface area contributed by atoms with E-state index in [9.17, 15) is 14.7 Å². The molecule has 0 saturated carbocycles. The molecule has 0 saturated heterocycles. The van der Waals surface area contributed by atoms with Gasteiger partial charge in [-0.1, -0.05) is 48.6 Å². The summed E-state index contributed by atoms with van der Waals surface area (Å²) in [5, 5.41) is 11.0. The Morgan fingerprint density at radius 2 is 1.95 bits per heavy atom. The number of aliphatic carboxylic acids is 1. The van der Waals surface area contributed by atoms with E-state index in [1.807, 2.05) is 30.3 Å². The monoisotopic (exact) mass is 259 g/mol. The van der Waals surface area contributed by atoms with E-state index >= 15 is 0 Å². The summed E-state index contributed by atoms with van der Waals surface area (Å²) in [5.41, 5.74) is 0.899. The molecule has 1 aromatic carbocycles. The number of carbonyl (C=O) groups is 2. The summed E-state index contributed by atoms with van der Waals surface area (Å²) in [7, 11) is 1.14. The van der Waals surface area contributed by atoms with Gasteiger partial charge in [0, 0.05) is 5.92 Å². The van der Waals surface area contributed by atoms with E-state index in [0.29, 0.717) is 0 Å². The fourth-order valence-corrected chi connectivity index (χ4v) is 1.65. The zero-order chi connectivity index (χ0) is 14.3. The van der Waals surface area contributed by atoms with Gasteiger partial charge in [-0.15, -0.1) is 6.58 Å². The minimum Gasteiger partial charge on any atom is -0.549 e. The molecule has 1 aromatic rings. The molecule has 1 rings (SSSR count). The van der Waals surface area contributed by atoms with Crippen molar-refractivity contribution in [1.29, 1.82) is 0 Å². The molecule has 2 unspecified atom stereocenters. The van der Waals surface area contributed by atoms with Gasteiger partial charge < -0.3 is 14.6 Å². The van der Waals surface area contributed by atoms with Crippen LogP contribution >= 0.6 is 0 Å². The van der Waals surface area contributed by atoms with Crippen LogP contribution in [0.5, 0.6) is 0 Å². The second-order valence-electron chi connectivity index (χ2n) is 3.90. The normalized spacial score (nSPS) is 13.7. The second kappa shape index (κ2) is 7.16. The van der Waals surface area contributed by atoms with Crippen molar-refractivity contribution in [2.24, 2.45) is 11.8 Å². The van der Waals surface area contributed by atoms with Gasteiger partial charge in [-0.3, -0.25) is 4.79 Å². The summed E-state index contributed by atoms with van der Waals surface area (Å²) in [6.07, 6.45) is 4.71. The zero-order valence-electron chi connectivity index (χ0n) is 10.6. The predicted molar refractivity (Wildman–Crippen MR) is 69.7 cm³/mol. The third-order valence-corrected chi connectivity index (χ3v) is 2.68. The number of rotatable bonds is 6. The lowest BCUT2D eigenvalue weighted by Crippen LogP contribution is -2.40. The van der Waals surface area contributed by atoms with E-state index < -0.39 is 23.8 Å². The summed E-state index contributed by atoms with van der Waals surface area (Å²) < 4.78 is 4.47. The predicted octanol–water partition coefficient (Wildman–Crippen LogP) is 1.04. The molecule has 100 valence electrons. The van der Waals surface area contributed by atoms with E-state index in [2.05, 4.69) is 11.3 Å². The highest BCUT2D eigenvalue weighted by Gasteiger charge is 2.26. The van der Waals surface area contributed by atoms with Crippen LogP contribution in [0.2, 0.25) is 0 Å². The summed E-state index contributed by atoms with van der Waals surface area (Å²) >= 11 is 0. The Labute approximate surface area is 112 Å². The minimum atomic E-state index is -1.48. The van der Waals surface area contributed by atoms with Gasteiger partial charge in [-0.25, -0.2) is 0 Å². The maximum Gasteiger partial charge on any atom is 0.315 e. The Morgan fingerprint density at radius 3 is 2.42 bits per heavy atom. The molecule has 0 aliphatic heterocycles. The Kier molecular flexibility index (Phi) is 5.54. The molecule has 19 heavy (non-hydrogen) atoms. The first-order valence-corrected chi connectivity index (χ1v) is 5.74. The Hall–Kier alpha value is -2.36. The van der Waals surface area contributed by atoms with Crippen molar-refractivity contribution in [3.05, 3.63) is 54.6 Å². The zero-order valence-corrected chi connectivity index (χ0v) is 10.6. The van der Waals surface area contributed by atoms with Crippen molar-refractivity contribution in [1.82, 2.24) is 0 Å². The van der Waals surface area contributed by atoms with Crippen LogP contribution in [0.1, 0.15) is 5.56 Å². The van der Waals surface area contributed by atoms with Gasteiger partial charge in [0.15, 0.2) is 0 Å². The standard InChI is InChI=1S/C15H16O4/c1-3-12(13(14(16)17)15(18)19-2)10-9-11-7-5-4-6-8-11/h3-10,12-13H,1H2,2H3,(H,16,17)/p-1/b10-9+. The van der Waals surface area contributed by atoms with Crippen LogP contribution in [0.4, 0.5) is 0 Å². The smallest absolute Gasteiger partial charge is 0.315 e. The van der Waals surface area contributed by atoms with Crippen LogP contribution in [0, 0.1) is 11.8 Å². The lowest BCUT2D eigenvalue weighted by atomic mass is 9.91. The average Bonchev–Trinajstić information content (AvgIpc) is 2.43. The first-order valence-electron chi connectivity index (χ1n) is 5.74. The van der Waals surface area contributed by atoms with Crippen LogP contribution < -0.4 is 5.11 Å². The molecule has 0 aromatic heterocycles. The molecule has 0 heterocycles. The molecule has 0 aliphatic rings. The summed E-state index contributed by atoms with van der Waals surface area (Å²) in [6.45, 7) is 3.54. The van der Waals surface area contributed by atoms with Crippen molar-refractivity contribution < 1.29 is 19.4 Å². The first-order chi connectivity index (χ1) is 9.10. The molecule has 0 aliphatic carbocycles. The third-order valence-electron chi connectivity index (χ3n) is 2.68. The van der Waals surface area contributed by atoms with E-state index in [0.717, 1.165) is 12.7 Å². The number of carboxylic acids is 1. The molecule has 0 bridgehead atoms. The average molecular weight is 259 g/mol. The third kappa shape index (κ3) is 4.10. The number of esters is 1. The fourth-order valence-electron chi connectivity index (χ4n) is 1.65. The molecular formula is C15H15O4-. The number of hydrogen-bond acceptors (Lipinski definition) is 4. The molecule has 4 heteroatoms. The number of carbonyl (C=O) groups excluding carboxylic acids is 2. The summed E-state index contributed by atoms with van der Waals surface area (Å²) in [4.78, 5) is 22.5. The quantitative estimate of drug-likeness (QED) is 0.435. The van der Waals surface area contributed by atoms with Crippen LogP contribution in [0.15, 0.2) is 49.1 Å². The number of carboxylic acid groups (broad SMARTS) is 1. The van der Waals surface area contributed by atoms with E-state index in [1.165, 1.54) is 6.08 Å². The van der Waals surface area contributed by atoms with Crippen molar-refractivity contribution in [3.63, 3.8) is 0 Å². The maximum absolute atomic E-state index is 11.4. The van der Waals surface area contributed by atoms with Crippen LogP contribution in [0.25, 0.3) is 6.08 Å². The molecule has 0 amide bonds. The van der Waals surface area contributed by atoms with Crippen molar-refractivity contribution in [3.8, 4) is 0 Å². The molecule has 0 radical (unpaired) electrons. The number of benzene rings is 1. The lowest BCUT2D eigenvalue weighted by molar-refractivity contribution is -0.311. The van der Waals surface area contributed by atoms with E-state index in [1.54, 1.807) is 12.2 Å².